The molecule has 1 aliphatic heterocycles. The first-order valence-electron chi connectivity index (χ1n) is 6.15. The van der Waals surface area contributed by atoms with E-state index in [0.717, 1.165) is 0 Å². The second kappa shape index (κ2) is 5.83. The molecule has 7 heteroatoms. The van der Waals surface area contributed by atoms with Gasteiger partial charge in [0.2, 0.25) is 5.78 Å². The molecule has 21 heavy (non-hydrogen) atoms. The van der Waals surface area contributed by atoms with Gasteiger partial charge >= 0.3 is 5.97 Å². The van der Waals surface area contributed by atoms with E-state index < -0.39 is 23.1 Å². The molecule has 0 bridgehead atoms. The maximum Gasteiger partial charge on any atom is 0.324 e. The highest BCUT2D eigenvalue weighted by atomic mass is 35.5. The fourth-order valence-corrected chi connectivity index (χ4v) is 2.55. The summed E-state index contributed by atoms with van der Waals surface area (Å²) >= 11 is 5.89. The maximum atomic E-state index is 12.3. The number of ketones is 1. The second-order valence-corrected chi connectivity index (χ2v) is 5.14. The van der Waals surface area contributed by atoms with E-state index in [1.165, 1.54) is 19.1 Å². The van der Waals surface area contributed by atoms with Crippen molar-refractivity contribution in [2.75, 3.05) is 32.3 Å². The molecule has 0 aliphatic carbocycles. The molecule has 0 spiro atoms. The summed E-state index contributed by atoms with van der Waals surface area (Å²) in [4.78, 5) is 37.7. The van der Waals surface area contributed by atoms with Gasteiger partial charge in [-0.15, -0.1) is 0 Å². The van der Waals surface area contributed by atoms with Crippen molar-refractivity contribution >= 4 is 34.9 Å². The first-order valence-corrected chi connectivity index (χ1v) is 6.53. The zero-order valence-electron chi connectivity index (χ0n) is 11.6. The number of methoxy groups -OCH3 is 2. The zero-order valence-corrected chi connectivity index (χ0v) is 12.3. The number of esters is 1. The fraction of sp³-hybridized carbons (Fsp3) is 0.357. The number of benzene rings is 1. The van der Waals surface area contributed by atoms with Gasteiger partial charge in [-0.2, -0.15) is 0 Å². The van der Waals surface area contributed by atoms with Gasteiger partial charge in [0.25, 0.3) is 5.91 Å². The van der Waals surface area contributed by atoms with Gasteiger partial charge in [-0.1, -0.05) is 17.7 Å². The van der Waals surface area contributed by atoms with Crippen molar-refractivity contribution < 1.29 is 23.9 Å². The lowest BCUT2D eigenvalue weighted by Gasteiger charge is -2.23. The fourth-order valence-electron chi connectivity index (χ4n) is 2.36. The van der Waals surface area contributed by atoms with E-state index in [0.29, 0.717) is 10.7 Å². The largest absolute Gasteiger partial charge is 0.468 e. The van der Waals surface area contributed by atoms with Crippen LogP contribution in [0.1, 0.15) is 0 Å². The van der Waals surface area contributed by atoms with Crippen molar-refractivity contribution in [3.05, 3.63) is 29.3 Å². The number of ether oxygens (including phenoxy) is 2. The predicted molar refractivity (Wildman–Crippen MR) is 75.1 cm³/mol. The zero-order chi connectivity index (χ0) is 15.6. The molecule has 1 amide bonds. The van der Waals surface area contributed by atoms with E-state index in [-0.39, 0.29) is 13.2 Å². The van der Waals surface area contributed by atoms with Crippen molar-refractivity contribution in [3.63, 3.8) is 0 Å². The Morgan fingerprint density at radius 2 is 2.10 bits per heavy atom. The minimum atomic E-state index is -1.64. The van der Waals surface area contributed by atoms with Gasteiger partial charge in [0.1, 0.15) is 0 Å². The van der Waals surface area contributed by atoms with Gasteiger partial charge in [0, 0.05) is 17.8 Å². The molecule has 0 radical (unpaired) electrons. The Hall–Kier alpha value is -1.92. The number of carbonyl (C=O) groups excluding carboxylic acids is 3. The lowest BCUT2D eigenvalue weighted by molar-refractivity contribution is -0.160. The van der Waals surface area contributed by atoms with E-state index in [4.69, 9.17) is 16.3 Å². The number of hydrogen-bond donors (Lipinski definition) is 0. The number of Topliss-reactive ketones (excluding diaryl/α,β-unsaturated/α-hetero) is 1. The van der Waals surface area contributed by atoms with Crippen LogP contribution in [0.2, 0.25) is 5.02 Å². The Morgan fingerprint density at radius 3 is 2.67 bits per heavy atom. The van der Waals surface area contributed by atoms with E-state index in [1.54, 1.807) is 24.3 Å². The van der Waals surface area contributed by atoms with E-state index in [9.17, 15) is 14.4 Å². The van der Waals surface area contributed by atoms with Crippen LogP contribution in [0, 0.1) is 5.41 Å². The molecule has 1 aliphatic rings. The standard InChI is InChI=1S/C14H14ClNO5/c1-20-8-14(13(19)21-2)7-16(12(18)11(14)17)10-5-3-4-9(15)6-10/h3-6H,7-8H2,1-2H3. The van der Waals surface area contributed by atoms with Crippen LogP contribution in [-0.2, 0) is 23.9 Å². The highest BCUT2D eigenvalue weighted by molar-refractivity contribution is 6.49. The van der Waals surface area contributed by atoms with Gasteiger partial charge in [0.15, 0.2) is 5.41 Å². The molecule has 1 aromatic carbocycles. The first-order chi connectivity index (χ1) is 9.96. The Bertz CT molecular complexity index is 603. The molecule has 0 saturated carbocycles. The summed E-state index contributed by atoms with van der Waals surface area (Å²) in [6.45, 7) is -0.354. The molecule has 1 aromatic rings. The van der Waals surface area contributed by atoms with Crippen LogP contribution in [0.25, 0.3) is 0 Å². The number of hydrogen-bond acceptors (Lipinski definition) is 5. The minimum absolute atomic E-state index is 0.133. The van der Waals surface area contributed by atoms with Crippen LogP contribution >= 0.6 is 11.6 Å². The molecule has 1 heterocycles. The molecule has 0 N–H and O–H groups in total. The van der Waals surface area contributed by atoms with Gasteiger partial charge in [-0.3, -0.25) is 14.4 Å². The number of nitrogens with zero attached hydrogens (tertiary/aromatic N) is 1. The van der Waals surface area contributed by atoms with Crippen LogP contribution in [-0.4, -0.2) is 45.0 Å². The first kappa shape index (κ1) is 15.5. The number of amides is 1. The molecule has 112 valence electrons. The van der Waals surface area contributed by atoms with E-state index >= 15 is 0 Å². The van der Waals surface area contributed by atoms with Gasteiger partial charge in [-0.05, 0) is 18.2 Å². The van der Waals surface area contributed by atoms with Gasteiger partial charge in [0.05, 0.1) is 20.3 Å². The SMILES string of the molecule is COCC1(C(=O)OC)CN(c2cccc(Cl)c2)C(=O)C1=O. The normalized spacial score (nSPS) is 21.8. The number of anilines is 1. The molecule has 1 unspecified atom stereocenters. The van der Waals surface area contributed by atoms with Crippen molar-refractivity contribution in [2.24, 2.45) is 5.41 Å². The molecule has 1 fully saturated rings. The second-order valence-electron chi connectivity index (χ2n) is 4.71. The Balaban J connectivity index is 2.43. The van der Waals surface area contributed by atoms with Crippen LogP contribution in [0.5, 0.6) is 0 Å². The number of carbonyl (C=O) groups is 3. The topological polar surface area (TPSA) is 72.9 Å². The summed E-state index contributed by atoms with van der Waals surface area (Å²) in [6.07, 6.45) is 0. The van der Waals surface area contributed by atoms with Crippen molar-refractivity contribution in [3.8, 4) is 0 Å². The minimum Gasteiger partial charge on any atom is -0.468 e. The summed E-state index contributed by atoms with van der Waals surface area (Å²) in [6, 6.07) is 6.49. The maximum absolute atomic E-state index is 12.3. The van der Waals surface area contributed by atoms with Crippen LogP contribution in [0.3, 0.4) is 0 Å². The van der Waals surface area contributed by atoms with E-state index in [2.05, 4.69) is 4.74 Å². The Labute approximate surface area is 126 Å². The average Bonchev–Trinajstić information content (AvgIpc) is 2.73. The molecule has 6 nitrogen and oxygen atoms in total. The Morgan fingerprint density at radius 1 is 1.38 bits per heavy atom. The van der Waals surface area contributed by atoms with Crippen LogP contribution < -0.4 is 4.90 Å². The third-order valence-corrected chi connectivity index (χ3v) is 3.62. The van der Waals surface area contributed by atoms with Crippen LogP contribution in [0.15, 0.2) is 24.3 Å². The smallest absolute Gasteiger partial charge is 0.324 e. The lowest BCUT2D eigenvalue weighted by atomic mass is 9.87. The molecular formula is C14H14ClNO5. The predicted octanol–water partition coefficient (Wildman–Crippen LogP) is 1.06. The lowest BCUT2D eigenvalue weighted by Crippen LogP contribution is -2.44. The summed E-state index contributed by atoms with van der Waals surface area (Å²) in [5.41, 5.74) is -1.19. The monoisotopic (exact) mass is 311 g/mol. The molecule has 0 aromatic heterocycles. The highest BCUT2D eigenvalue weighted by Crippen LogP contribution is 2.34. The number of rotatable bonds is 4. The summed E-state index contributed by atoms with van der Waals surface area (Å²) in [7, 11) is 2.52. The van der Waals surface area contributed by atoms with Crippen LogP contribution in [0.4, 0.5) is 5.69 Å². The molecule has 1 atom stereocenters. The average molecular weight is 312 g/mol. The van der Waals surface area contributed by atoms with E-state index in [1.807, 2.05) is 0 Å². The summed E-state index contributed by atoms with van der Waals surface area (Å²) in [5, 5.41) is 0.426. The van der Waals surface area contributed by atoms with Crippen molar-refractivity contribution in [2.45, 2.75) is 0 Å². The molecule has 2 rings (SSSR count). The molecular weight excluding hydrogens is 298 g/mol. The third kappa shape index (κ3) is 2.52. The summed E-state index contributed by atoms with van der Waals surface area (Å²) < 4.78 is 9.62. The number of halogens is 1. The van der Waals surface area contributed by atoms with Crippen molar-refractivity contribution in [1.82, 2.24) is 0 Å². The van der Waals surface area contributed by atoms with Crippen molar-refractivity contribution in [1.29, 1.82) is 0 Å². The third-order valence-electron chi connectivity index (χ3n) is 3.39. The van der Waals surface area contributed by atoms with Gasteiger partial charge < -0.3 is 14.4 Å². The van der Waals surface area contributed by atoms with Gasteiger partial charge in [-0.25, -0.2) is 0 Å². The quantitative estimate of drug-likeness (QED) is 0.472. The summed E-state index contributed by atoms with van der Waals surface area (Å²) in [5.74, 6) is -2.40. The Kier molecular flexibility index (Phi) is 4.29. The molecule has 1 saturated heterocycles. The highest BCUT2D eigenvalue weighted by Gasteiger charge is 2.58.